The standard InChI is InChI=1S/C30H37ClN2O3S/c1-2-6-20-15-24(31)10-12-25(20)23-18-33-17-22-8-11-26(22)28(34)7-4-3-5-14-37-32-30(35)21-9-13-29(36-19-23)27(33)16-21/h4,7,9-10,12-13,15-16,22-23,26,28,34H,2-3,5-6,8,11,14,17-19H2,1H3,(H,32,35)/b7-4+. The van der Waals surface area contributed by atoms with E-state index in [0.717, 1.165) is 73.8 Å². The zero-order valence-corrected chi connectivity index (χ0v) is 23.1. The zero-order valence-electron chi connectivity index (χ0n) is 21.5. The van der Waals surface area contributed by atoms with Crippen LogP contribution in [0.15, 0.2) is 48.6 Å². The highest BCUT2D eigenvalue weighted by Crippen LogP contribution is 2.42. The molecule has 0 spiro atoms. The summed E-state index contributed by atoms with van der Waals surface area (Å²) in [7, 11) is 0. The highest BCUT2D eigenvalue weighted by Gasteiger charge is 2.38. The number of allylic oxidation sites excluding steroid dienone is 1. The van der Waals surface area contributed by atoms with Crippen molar-refractivity contribution in [3.8, 4) is 5.75 Å². The lowest BCUT2D eigenvalue weighted by Crippen LogP contribution is -2.44. The van der Waals surface area contributed by atoms with Crippen molar-refractivity contribution in [1.82, 2.24) is 4.72 Å². The zero-order chi connectivity index (χ0) is 25.8. The molecule has 2 aromatic rings. The average molecular weight is 541 g/mol. The van der Waals surface area contributed by atoms with Gasteiger partial charge in [-0.05, 0) is 85.4 Å². The third-order valence-electron chi connectivity index (χ3n) is 7.99. The van der Waals surface area contributed by atoms with Crippen LogP contribution in [0.25, 0.3) is 0 Å². The fourth-order valence-corrected chi connectivity index (χ4v) is 6.69. The first-order chi connectivity index (χ1) is 18.0. The maximum atomic E-state index is 12.9. The Hall–Kier alpha value is -2.15. The molecular formula is C30H37ClN2O3S. The molecule has 5 nitrogen and oxygen atoms in total. The number of carbonyl (C=O) groups excluding carboxylic acids is 1. The number of halogens is 1. The van der Waals surface area contributed by atoms with Crippen molar-refractivity contribution < 1.29 is 14.6 Å². The Bertz CT molecular complexity index is 1140. The summed E-state index contributed by atoms with van der Waals surface area (Å²) >= 11 is 7.81. The summed E-state index contributed by atoms with van der Waals surface area (Å²) in [6.07, 6.45) is 9.72. The van der Waals surface area contributed by atoms with Crippen LogP contribution in [0.3, 0.4) is 0 Å². The van der Waals surface area contributed by atoms with Crippen molar-refractivity contribution in [3.05, 3.63) is 70.3 Å². The number of fused-ring (bicyclic) bond motifs is 2. The maximum Gasteiger partial charge on any atom is 0.261 e. The summed E-state index contributed by atoms with van der Waals surface area (Å²) in [6, 6.07) is 12.0. The first-order valence-electron chi connectivity index (χ1n) is 13.6. The number of nitrogens with one attached hydrogen (secondary N) is 1. The summed E-state index contributed by atoms with van der Waals surface area (Å²) in [5.74, 6) is 2.41. The molecule has 5 rings (SSSR count). The number of aliphatic hydroxyl groups is 1. The third kappa shape index (κ3) is 6.13. The molecule has 2 heterocycles. The molecule has 4 atom stereocenters. The maximum absolute atomic E-state index is 12.9. The number of carbonyl (C=O) groups is 1. The van der Waals surface area contributed by atoms with E-state index in [4.69, 9.17) is 16.3 Å². The summed E-state index contributed by atoms with van der Waals surface area (Å²) in [6.45, 7) is 4.39. The van der Waals surface area contributed by atoms with Gasteiger partial charge in [0.2, 0.25) is 0 Å². The van der Waals surface area contributed by atoms with Crippen LogP contribution in [0.4, 0.5) is 5.69 Å². The summed E-state index contributed by atoms with van der Waals surface area (Å²) < 4.78 is 9.40. The topological polar surface area (TPSA) is 61.8 Å². The van der Waals surface area contributed by atoms with Gasteiger partial charge in [0.25, 0.3) is 5.91 Å². The predicted octanol–water partition coefficient (Wildman–Crippen LogP) is 6.39. The molecule has 2 aliphatic heterocycles. The van der Waals surface area contributed by atoms with Gasteiger partial charge in [-0.1, -0.05) is 55.1 Å². The first kappa shape index (κ1) is 26.5. The Kier molecular flexibility index (Phi) is 8.68. The second-order valence-electron chi connectivity index (χ2n) is 10.5. The molecule has 1 aliphatic carbocycles. The number of amides is 1. The van der Waals surface area contributed by atoms with Crippen LogP contribution in [0.2, 0.25) is 5.02 Å². The quantitative estimate of drug-likeness (QED) is 0.349. The smallest absolute Gasteiger partial charge is 0.261 e. The van der Waals surface area contributed by atoms with Crippen LogP contribution < -0.4 is 14.4 Å². The van der Waals surface area contributed by atoms with Crippen molar-refractivity contribution in [2.75, 3.05) is 30.3 Å². The lowest BCUT2D eigenvalue weighted by atomic mass is 9.70. The molecule has 1 amide bonds. The van der Waals surface area contributed by atoms with Gasteiger partial charge in [-0.15, -0.1) is 0 Å². The van der Waals surface area contributed by atoms with Crippen molar-refractivity contribution in [2.45, 2.75) is 57.5 Å². The minimum absolute atomic E-state index is 0.0731. The number of ether oxygens (including phenoxy) is 1. The van der Waals surface area contributed by atoms with E-state index in [1.165, 1.54) is 23.1 Å². The highest BCUT2D eigenvalue weighted by atomic mass is 35.5. The van der Waals surface area contributed by atoms with E-state index in [0.29, 0.717) is 18.1 Å². The SMILES string of the molecule is CCCc1cc(Cl)ccc1C1COc2ccc3cc2N(C1)CC1CCC1C(O)/C=C/CCCSNC3=O. The van der Waals surface area contributed by atoms with Gasteiger partial charge in [0, 0.05) is 35.3 Å². The number of hydrogen-bond acceptors (Lipinski definition) is 5. The number of benzene rings is 2. The Morgan fingerprint density at radius 2 is 2.08 bits per heavy atom. The number of rotatable bonds is 3. The van der Waals surface area contributed by atoms with Gasteiger partial charge in [-0.3, -0.25) is 9.52 Å². The molecule has 0 radical (unpaired) electrons. The van der Waals surface area contributed by atoms with E-state index >= 15 is 0 Å². The Labute approximate surface area is 229 Å². The van der Waals surface area contributed by atoms with Gasteiger partial charge >= 0.3 is 0 Å². The molecule has 7 heteroatoms. The average Bonchev–Trinajstić information content (AvgIpc) is 3.05. The van der Waals surface area contributed by atoms with Crippen LogP contribution in [0.5, 0.6) is 5.75 Å². The molecule has 2 N–H and O–H groups in total. The first-order valence-corrected chi connectivity index (χ1v) is 15.0. The van der Waals surface area contributed by atoms with Gasteiger partial charge in [0.1, 0.15) is 5.75 Å². The Morgan fingerprint density at radius 1 is 1.19 bits per heavy atom. The Balaban J connectivity index is 1.49. The van der Waals surface area contributed by atoms with Crippen molar-refractivity contribution in [2.24, 2.45) is 11.8 Å². The monoisotopic (exact) mass is 540 g/mol. The number of aliphatic hydroxyl groups excluding tert-OH is 1. The molecule has 0 saturated heterocycles. The minimum atomic E-state index is -0.406. The lowest BCUT2D eigenvalue weighted by Gasteiger charge is -2.42. The molecule has 0 aromatic heterocycles. The predicted molar refractivity (Wildman–Crippen MR) is 153 cm³/mol. The van der Waals surface area contributed by atoms with Gasteiger partial charge in [-0.2, -0.15) is 0 Å². The van der Waals surface area contributed by atoms with E-state index in [-0.39, 0.29) is 17.7 Å². The number of hydrogen-bond donors (Lipinski definition) is 2. The van der Waals surface area contributed by atoms with Crippen LogP contribution in [-0.4, -0.2) is 42.6 Å². The van der Waals surface area contributed by atoms with Gasteiger partial charge in [0.05, 0.1) is 18.4 Å². The van der Waals surface area contributed by atoms with Crippen LogP contribution in [0, 0.1) is 11.8 Å². The van der Waals surface area contributed by atoms with E-state index in [1.54, 1.807) is 0 Å². The van der Waals surface area contributed by atoms with Gasteiger partial charge < -0.3 is 14.7 Å². The molecular weight excluding hydrogens is 504 g/mol. The summed E-state index contributed by atoms with van der Waals surface area (Å²) in [5.41, 5.74) is 4.18. The normalized spacial score (nSPS) is 27.2. The van der Waals surface area contributed by atoms with E-state index in [9.17, 15) is 9.90 Å². The Morgan fingerprint density at radius 3 is 2.89 bits per heavy atom. The van der Waals surface area contributed by atoms with Gasteiger partial charge in [-0.25, -0.2) is 0 Å². The fraction of sp³-hybridized carbons (Fsp3) is 0.500. The van der Waals surface area contributed by atoms with Crippen LogP contribution in [-0.2, 0) is 6.42 Å². The number of nitrogens with zero attached hydrogens (tertiary/aromatic N) is 1. The van der Waals surface area contributed by atoms with E-state index in [2.05, 4.69) is 34.8 Å². The van der Waals surface area contributed by atoms with E-state index < -0.39 is 6.10 Å². The molecule has 1 saturated carbocycles. The molecule has 2 aromatic carbocycles. The molecule has 37 heavy (non-hydrogen) atoms. The van der Waals surface area contributed by atoms with Gasteiger partial charge in [0.15, 0.2) is 0 Å². The highest BCUT2D eigenvalue weighted by molar-refractivity contribution is 7.97. The second-order valence-corrected chi connectivity index (χ2v) is 11.9. The largest absolute Gasteiger partial charge is 0.491 e. The molecule has 2 bridgehead atoms. The molecule has 3 aliphatic rings. The third-order valence-corrected chi connectivity index (χ3v) is 9.05. The number of aryl methyl sites for hydroxylation is 1. The molecule has 1 fully saturated rings. The van der Waals surface area contributed by atoms with E-state index in [1.807, 2.05) is 30.3 Å². The van der Waals surface area contributed by atoms with Crippen LogP contribution >= 0.6 is 23.5 Å². The molecule has 4 unspecified atom stereocenters. The van der Waals surface area contributed by atoms with Crippen molar-refractivity contribution in [3.63, 3.8) is 0 Å². The van der Waals surface area contributed by atoms with Crippen LogP contribution in [0.1, 0.15) is 66.4 Å². The van der Waals surface area contributed by atoms with Crippen molar-refractivity contribution in [1.29, 1.82) is 0 Å². The lowest BCUT2D eigenvalue weighted by molar-refractivity contribution is 0.0461. The number of anilines is 1. The minimum Gasteiger partial charge on any atom is -0.491 e. The fourth-order valence-electron chi connectivity index (χ4n) is 5.84. The summed E-state index contributed by atoms with van der Waals surface area (Å²) in [4.78, 5) is 15.3. The second kappa shape index (κ2) is 12.1. The summed E-state index contributed by atoms with van der Waals surface area (Å²) in [5, 5.41) is 11.7. The van der Waals surface area contributed by atoms with Crippen molar-refractivity contribution >= 4 is 35.1 Å². The molecule has 198 valence electrons.